The SMILES string of the molecule is NCCCNCCCCC1CC(CCCN)N1. The Hall–Kier alpha value is -0.160. The molecule has 0 aromatic rings. The molecule has 2 atom stereocenters. The van der Waals surface area contributed by atoms with Crippen molar-refractivity contribution in [2.75, 3.05) is 26.2 Å². The van der Waals surface area contributed by atoms with E-state index < -0.39 is 0 Å². The van der Waals surface area contributed by atoms with E-state index >= 15 is 0 Å². The molecule has 0 saturated carbocycles. The van der Waals surface area contributed by atoms with Gasteiger partial charge in [-0.3, -0.25) is 0 Å². The average Bonchev–Trinajstić information content (AvgIpc) is 2.29. The molecule has 1 fully saturated rings. The van der Waals surface area contributed by atoms with Crippen molar-refractivity contribution >= 4 is 0 Å². The summed E-state index contributed by atoms with van der Waals surface area (Å²) < 4.78 is 0. The van der Waals surface area contributed by atoms with Gasteiger partial charge < -0.3 is 22.1 Å². The van der Waals surface area contributed by atoms with E-state index in [2.05, 4.69) is 10.6 Å². The van der Waals surface area contributed by atoms with Crippen LogP contribution in [-0.2, 0) is 0 Å². The molecular weight excluding hydrogens is 212 g/mol. The molecule has 102 valence electrons. The monoisotopic (exact) mass is 242 g/mol. The zero-order valence-corrected chi connectivity index (χ0v) is 11.1. The van der Waals surface area contributed by atoms with Crippen molar-refractivity contribution in [3.8, 4) is 0 Å². The van der Waals surface area contributed by atoms with E-state index in [4.69, 9.17) is 11.5 Å². The van der Waals surface area contributed by atoms with Gasteiger partial charge in [-0.1, -0.05) is 6.42 Å². The van der Waals surface area contributed by atoms with E-state index in [9.17, 15) is 0 Å². The van der Waals surface area contributed by atoms with E-state index in [0.29, 0.717) is 0 Å². The van der Waals surface area contributed by atoms with Gasteiger partial charge in [-0.05, 0) is 64.7 Å². The molecule has 0 aliphatic carbocycles. The summed E-state index contributed by atoms with van der Waals surface area (Å²) in [4.78, 5) is 0. The summed E-state index contributed by atoms with van der Waals surface area (Å²) >= 11 is 0. The van der Waals surface area contributed by atoms with E-state index in [-0.39, 0.29) is 0 Å². The van der Waals surface area contributed by atoms with Crippen LogP contribution in [0.3, 0.4) is 0 Å². The van der Waals surface area contributed by atoms with Crippen molar-refractivity contribution in [3.63, 3.8) is 0 Å². The third kappa shape index (κ3) is 6.99. The summed E-state index contributed by atoms with van der Waals surface area (Å²) in [7, 11) is 0. The lowest BCUT2D eigenvalue weighted by Gasteiger charge is -2.37. The zero-order chi connectivity index (χ0) is 12.3. The van der Waals surface area contributed by atoms with Gasteiger partial charge in [0.15, 0.2) is 0 Å². The second-order valence-electron chi connectivity index (χ2n) is 5.12. The second kappa shape index (κ2) is 9.83. The van der Waals surface area contributed by atoms with E-state index in [1.807, 2.05) is 0 Å². The van der Waals surface area contributed by atoms with Crippen LogP contribution < -0.4 is 22.1 Å². The number of unbranched alkanes of at least 4 members (excludes halogenated alkanes) is 1. The van der Waals surface area contributed by atoms with Crippen LogP contribution in [0.4, 0.5) is 0 Å². The standard InChI is InChI=1S/C13H30N4/c14-7-3-6-13-11-12(17-13)5-1-2-9-16-10-4-8-15/h12-13,16-17H,1-11,14-15H2. The maximum absolute atomic E-state index is 5.50. The normalized spacial score (nSPS) is 23.6. The minimum Gasteiger partial charge on any atom is -0.330 e. The highest BCUT2D eigenvalue weighted by Gasteiger charge is 2.26. The first kappa shape index (κ1) is 14.9. The van der Waals surface area contributed by atoms with Gasteiger partial charge in [0.25, 0.3) is 0 Å². The van der Waals surface area contributed by atoms with Crippen LogP contribution in [0, 0.1) is 0 Å². The van der Waals surface area contributed by atoms with Crippen LogP contribution in [0.1, 0.15) is 44.9 Å². The molecule has 1 aliphatic heterocycles. The average molecular weight is 242 g/mol. The molecule has 0 amide bonds. The molecule has 0 aromatic carbocycles. The minimum absolute atomic E-state index is 0.756. The van der Waals surface area contributed by atoms with Gasteiger partial charge in [0.2, 0.25) is 0 Å². The maximum Gasteiger partial charge on any atom is 0.00849 e. The molecule has 0 radical (unpaired) electrons. The Labute approximate surface area is 106 Å². The van der Waals surface area contributed by atoms with Crippen molar-refractivity contribution in [1.29, 1.82) is 0 Å². The molecular formula is C13H30N4. The number of rotatable bonds is 11. The Bertz CT molecular complexity index is 169. The molecule has 4 nitrogen and oxygen atoms in total. The van der Waals surface area contributed by atoms with Crippen molar-refractivity contribution in [1.82, 2.24) is 10.6 Å². The lowest BCUT2D eigenvalue weighted by Crippen LogP contribution is -2.52. The largest absolute Gasteiger partial charge is 0.330 e. The molecule has 0 bridgehead atoms. The number of hydrogen-bond acceptors (Lipinski definition) is 4. The molecule has 1 saturated heterocycles. The Kier molecular flexibility index (Phi) is 8.61. The predicted molar refractivity (Wildman–Crippen MR) is 74.0 cm³/mol. The van der Waals surface area contributed by atoms with Crippen LogP contribution >= 0.6 is 0 Å². The smallest absolute Gasteiger partial charge is 0.00849 e. The van der Waals surface area contributed by atoms with Crippen LogP contribution in [0.25, 0.3) is 0 Å². The van der Waals surface area contributed by atoms with E-state index in [1.165, 1.54) is 32.1 Å². The van der Waals surface area contributed by atoms with Crippen molar-refractivity contribution in [3.05, 3.63) is 0 Å². The summed E-state index contributed by atoms with van der Waals surface area (Å²) in [5.74, 6) is 0. The van der Waals surface area contributed by atoms with Crippen LogP contribution in [0.2, 0.25) is 0 Å². The van der Waals surface area contributed by atoms with Crippen molar-refractivity contribution in [2.24, 2.45) is 11.5 Å². The van der Waals surface area contributed by atoms with Gasteiger partial charge in [-0.25, -0.2) is 0 Å². The summed E-state index contributed by atoms with van der Waals surface area (Å²) in [6.45, 7) is 3.84. The molecule has 1 aliphatic rings. The fraction of sp³-hybridized carbons (Fsp3) is 1.00. The number of nitrogens with one attached hydrogen (secondary N) is 2. The highest BCUT2D eigenvalue weighted by Crippen LogP contribution is 2.20. The summed E-state index contributed by atoms with van der Waals surface area (Å²) in [5.41, 5.74) is 10.9. The molecule has 17 heavy (non-hydrogen) atoms. The molecule has 0 spiro atoms. The fourth-order valence-electron chi connectivity index (χ4n) is 2.41. The van der Waals surface area contributed by atoms with Crippen LogP contribution in [0.15, 0.2) is 0 Å². The molecule has 0 aromatic heterocycles. The lowest BCUT2D eigenvalue weighted by atomic mass is 9.90. The maximum atomic E-state index is 5.50. The van der Waals surface area contributed by atoms with Gasteiger partial charge in [-0.2, -0.15) is 0 Å². The fourth-order valence-corrected chi connectivity index (χ4v) is 2.41. The third-order valence-electron chi connectivity index (χ3n) is 3.51. The van der Waals surface area contributed by atoms with Gasteiger partial charge in [0.05, 0.1) is 0 Å². The summed E-state index contributed by atoms with van der Waals surface area (Å²) in [6, 6.07) is 1.54. The van der Waals surface area contributed by atoms with Gasteiger partial charge >= 0.3 is 0 Å². The van der Waals surface area contributed by atoms with Crippen molar-refractivity contribution in [2.45, 2.75) is 57.0 Å². The topological polar surface area (TPSA) is 76.1 Å². The second-order valence-corrected chi connectivity index (χ2v) is 5.12. The van der Waals surface area contributed by atoms with Crippen LogP contribution in [-0.4, -0.2) is 38.3 Å². The lowest BCUT2D eigenvalue weighted by molar-refractivity contribution is 0.232. The Morgan fingerprint density at radius 3 is 2.12 bits per heavy atom. The van der Waals surface area contributed by atoms with Crippen LogP contribution in [0.5, 0.6) is 0 Å². The van der Waals surface area contributed by atoms with E-state index in [0.717, 1.165) is 51.1 Å². The summed E-state index contributed by atoms with van der Waals surface area (Å²) in [6.07, 6.45) is 8.82. The Morgan fingerprint density at radius 1 is 0.882 bits per heavy atom. The molecule has 1 heterocycles. The minimum atomic E-state index is 0.756. The first-order valence-electron chi connectivity index (χ1n) is 7.23. The van der Waals surface area contributed by atoms with Gasteiger partial charge in [0, 0.05) is 12.1 Å². The zero-order valence-electron chi connectivity index (χ0n) is 11.1. The first-order valence-corrected chi connectivity index (χ1v) is 7.23. The van der Waals surface area contributed by atoms with Gasteiger partial charge in [0.1, 0.15) is 0 Å². The highest BCUT2D eigenvalue weighted by molar-refractivity contribution is 4.88. The van der Waals surface area contributed by atoms with E-state index in [1.54, 1.807) is 0 Å². The quantitative estimate of drug-likeness (QED) is 0.399. The first-order chi connectivity index (χ1) is 8.36. The Morgan fingerprint density at radius 2 is 1.47 bits per heavy atom. The van der Waals surface area contributed by atoms with Crippen molar-refractivity contribution < 1.29 is 0 Å². The molecule has 2 unspecified atom stereocenters. The van der Waals surface area contributed by atoms with Gasteiger partial charge in [-0.15, -0.1) is 0 Å². The third-order valence-corrected chi connectivity index (χ3v) is 3.51. The molecule has 4 heteroatoms. The molecule has 6 N–H and O–H groups in total. The number of hydrogen-bond donors (Lipinski definition) is 4. The predicted octanol–water partition coefficient (Wildman–Crippen LogP) is 0.565. The summed E-state index contributed by atoms with van der Waals surface area (Å²) in [5, 5.41) is 7.05. The highest BCUT2D eigenvalue weighted by atomic mass is 15.0. The molecule has 1 rings (SSSR count). The Balaban J connectivity index is 1.77. The number of nitrogens with two attached hydrogens (primary N) is 2.